The van der Waals surface area contributed by atoms with E-state index in [4.69, 9.17) is 4.74 Å². The Morgan fingerprint density at radius 3 is 2.80 bits per heavy atom. The third-order valence-corrected chi connectivity index (χ3v) is 2.68. The Labute approximate surface area is 88.7 Å². The summed E-state index contributed by atoms with van der Waals surface area (Å²) >= 11 is 0. The Morgan fingerprint density at radius 2 is 2.13 bits per heavy atom. The van der Waals surface area contributed by atoms with Crippen molar-refractivity contribution in [3.63, 3.8) is 0 Å². The van der Waals surface area contributed by atoms with Gasteiger partial charge in [-0.1, -0.05) is 6.42 Å². The van der Waals surface area contributed by atoms with Gasteiger partial charge in [0.15, 0.2) is 0 Å². The normalized spacial score (nSPS) is 17.7. The summed E-state index contributed by atoms with van der Waals surface area (Å²) in [4.78, 5) is 17.9. The Kier molecular flexibility index (Phi) is 3.04. The van der Waals surface area contributed by atoms with E-state index in [-0.39, 0.29) is 11.7 Å². The van der Waals surface area contributed by atoms with Gasteiger partial charge in [-0.3, -0.25) is 4.79 Å². The molecule has 4 nitrogen and oxygen atoms in total. The van der Waals surface area contributed by atoms with Crippen LogP contribution in [0.15, 0.2) is 10.9 Å². The van der Waals surface area contributed by atoms with Crippen LogP contribution in [0.4, 0.5) is 0 Å². The molecule has 1 aliphatic carbocycles. The van der Waals surface area contributed by atoms with E-state index in [0.29, 0.717) is 11.7 Å². The predicted molar refractivity (Wildman–Crippen MR) is 57.1 cm³/mol. The van der Waals surface area contributed by atoms with Crippen LogP contribution in [0, 0.1) is 6.92 Å². The van der Waals surface area contributed by atoms with E-state index in [1.165, 1.54) is 25.3 Å². The van der Waals surface area contributed by atoms with E-state index in [0.717, 1.165) is 12.8 Å². The van der Waals surface area contributed by atoms with Crippen LogP contribution in [-0.2, 0) is 0 Å². The zero-order valence-corrected chi connectivity index (χ0v) is 8.95. The summed E-state index contributed by atoms with van der Waals surface area (Å²) in [6.45, 7) is 1.76. The molecule has 1 aromatic rings. The van der Waals surface area contributed by atoms with E-state index in [1.807, 2.05) is 0 Å². The minimum Gasteiger partial charge on any atom is -0.474 e. The topological polar surface area (TPSA) is 55.0 Å². The highest BCUT2D eigenvalue weighted by Gasteiger charge is 2.15. The molecule has 15 heavy (non-hydrogen) atoms. The Hall–Kier alpha value is -1.32. The number of hydrogen-bond acceptors (Lipinski definition) is 3. The van der Waals surface area contributed by atoms with Crippen molar-refractivity contribution in [2.24, 2.45) is 0 Å². The van der Waals surface area contributed by atoms with Gasteiger partial charge < -0.3 is 9.72 Å². The lowest BCUT2D eigenvalue weighted by Crippen LogP contribution is -2.21. The lowest BCUT2D eigenvalue weighted by atomic mass is 9.98. The molecular weight excluding hydrogens is 192 g/mol. The molecule has 1 aliphatic rings. The summed E-state index contributed by atoms with van der Waals surface area (Å²) in [5.74, 6) is 1.07. The summed E-state index contributed by atoms with van der Waals surface area (Å²) in [5.41, 5.74) is -0.145. The Bertz CT molecular complexity index is 380. The summed E-state index contributed by atoms with van der Waals surface area (Å²) in [6.07, 6.45) is 6.12. The predicted octanol–water partition coefficient (Wildman–Crippen LogP) is 1.79. The number of rotatable bonds is 2. The number of nitrogens with zero attached hydrogens (tertiary/aromatic N) is 1. The largest absolute Gasteiger partial charge is 0.474 e. The van der Waals surface area contributed by atoms with Gasteiger partial charge in [-0.05, 0) is 32.6 Å². The maximum absolute atomic E-state index is 11.2. The van der Waals surface area contributed by atoms with Crippen LogP contribution in [0.1, 0.15) is 37.9 Å². The molecule has 1 heterocycles. The van der Waals surface area contributed by atoms with Gasteiger partial charge in [0.05, 0.1) is 6.07 Å². The molecule has 82 valence electrons. The van der Waals surface area contributed by atoms with Gasteiger partial charge in [0, 0.05) is 0 Å². The zero-order valence-electron chi connectivity index (χ0n) is 8.95. The molecule has 1 fully saturated rings. The van der Waals surface area contributed by atoms with Gasteiger partial charge in [0.25, 0.3) is 5.56 Å². The first-order valence-corrected chi connectivity index (χ1v) is 5.49. The number of nitrogens with one attached hydrogen (secondary N) is 1. The van der Waals surface area contributed by atoms with Crippen LogP contribution in [-0.4, -0.2) is 16.1 Å². The van der Waals surface area contributed by atoms with Crippen molar-refractivity contribution in [1.29, 1.82) is 0 Å². The van der Waals surface area contributed by atoms with Gasteiger partial charge in [0.2, 0.25) is 5.88 Å². The second kappa shape index (κ2) is 4.47. The van der Waals surface area contributed by atoms with E-state index >= 15 is 0 Å². The summed E-state index contributed by atoms with van der Waals surface area (Å²) in [7, 11) is 0. The maximum atomic E-state index is 11.2. The van der Waals surface area contributed by atoms with E-state index < -0.39 is 0 Å². The van der Waals surface area contributed by atoms with E-state index in [1.54, 1.807) is 6.92 Å². The fraction of sp³-hybridized carbons (Fsp3) is 0.636. The number of aromatic nitrogens is 2. The highest BCUT2D eigenvalue weighted by Crippen LogP contribution is 2.21. The van der Waals surface area contributed by atoms with Gasteiger partial charge in [-0.25, -0.2) is 4.98 Å². The third-order valence-electron chi connectivity index (χ3n) is 2.68. The van der Waals surface area contributed by atoms with Crippen molar-refractivity contribution in [3.05, 3.63) is 22.2 Å². The maximum Gasteiger partial charge on any atom is 0.254 e. The second-order valence-electron chi connectivity index (χ2n) is 4.05. The number of H-pyrrole nitrogens is 1. The lowest BCUT2D eigenvalue weighted by Gasteiger charge is -2.22. The Morgan fingerprint density at radius 1 is 1.40 bits per heavy atom. The van der Waals surface area contributed by atoms with Crippen LogP contribution >= 0.6 is 0 Å². The smallest absolute Gasteiger partial charge is 0.254 e. The highest BCUT2D eigenvalue weighted by atomic mass is 16.5. The molecule has 4 heteroatoms. The first-order valence-electron chi connectivity index (χ1n) is 5.49. The minimum atomic E-state index is -0.145. The molecule has 0 unspecified atom stereocenters. The molecule has 0 aromatic carbocycles. The average molecular weight is 208 g/mol. The lowest BCUT2D eigenvalue weighted by molar-refractivity contribution is 0.148. The van der Waals surface area contributed by atoms with Gasteiger partial charge in [-0.2, -0.15) is 0 Å². The zero-order chi connectivity index (χ0) is 10.7. The highest BCUT2D eigenvalue weighted by molar-refractivity contribution is 5.08. The van der Waals surface area contributed by atoms with Gasteiger partial charge in [-0.15, -0.1) is 0 Å². The molecule has 1 saturated carbocycles. The monoisotopic (exact) mass is 208 g/mol. The molecule has 0 atom stereocenters. The summed E-state index contributed by atoms with van der Waals surface area (Å²) < 4.78 is 5.69. The number of aryl methyl sites for hydroxylation is 1. The van der Waals surface area contributed by atoms with Crippen LogP contribution in [0.5, 0.6) is 5.88 Å². The fourth-order valence-corrected chi connectivity index (χ4v) is 1.97. The van der Waals surface area contributed by atoms with E-state index in [2.05, 4.69) is 9.97 Å². The van der Waals surface area contributed by atoms with Crippen molar-refractivity contribution in [1.82, 2.24) is 9.97 Å². The Balaban J connectivity index is 2.06. The number of aromatic amines is 1. The van der Waals surface area contributed by atoms with Gasteiger partial charge >= 0.3 is 0 Å². The van der Waals surface area contributed by atoms with Crippen molar-refractivity contribution in [2.45, 2.75) is 45.1 Å². The third kappa shape index (κ3) is 2.81. The molecule has 0 radical (unpaired) electrons. The number of hydrogen-bond donors (Lipinski definition) is 1. The molecule has 1 N–H and O–H groups in total. The van der Waals surface area contributed by atoms with E-state index in [9.17, 15) is 4.79 Å². The molecule has 0 spiro atoms. The van der Waals surface area contributed by atoms with Crippen LogP contribution in [0.25, 0.3) is 0 Å². The molecular formula is C11H16N2O2. The van der Waals surface area contributed by atoms with Crippen molar-refractivity contribution in [3.8, 4) is 5.88 Å². The van der Waals surface area contributed by atoms with Crippen LogP contribution < -0.4 is 10.3 Å². The molecule has 1 aromatic heterocycles. The molecule has 0 saturated heterocycles. The van der Waals surface area contributed by atoms with Gasteiger partial charge in [0.1, 0.15) is 11.9 Å². The van der Waals surface area contributed by atoms with Crippen LogP contribution in [0.2, 0.25) is 0 Å². The first-order chi connectivity index (χ1) is 7.24. The van der Waals surface area contributed by atoms with Crippen molar-refractivity contribution in [2.75, 3.05) is 0 Å². The molecule has 0 amide bonds. The van der Waals surface area contributed by atoms with Crippen molar-refractivity contribution >= 4 is 0 Å². The summed E-state index contributed by atoms with van der Waals surface area (Å²) in [6, 6.07) is 1.42. The molecule has 0 aliphatic heterocycles. The SMILES string of the molecule is Cc1nc(OC2CCCCC2)cc(=O)[nH]1. The minimum absolute atomic E-state index is 0.145. The standard InChI is InChI=1S/C11H16N2O2/c1-8-12-10(14)7-11(13-8)15-9-5-3-2-4-6-9/h7,9H,2-6H2,1H3,(H,12,13,14). The quantitative estimate of drug-likeness (QED) is 0.806. The average Bonchev–Trinajstić information content (AvgIpc) is 2.17. The number of ether oxygens (including phenoxy) is 1. The second-order valence-corrected chi connectivity index (χ2v) is 4.05. The molecule has 0 bridgehead atoms. The fourth-order valence-electron chi connectivity index (χ4n) is 1.97. The van der Waals surface area contributed by atoms with Crippen molar-refractivity contribution < 1.29 is 4.74 Å². The first kappa shape index (κ1) is 10.2. The van der Waals surface area contributed by atoms with Crippen LogP contribution in [0.3, 0.4) is 0 Å². The molecule has 2 rings (SSSR count). The summed E-state index contributed by atoms with van der Waals surface area (Å²) in [5, 5.41) is 0.